The van der Waals surface area contributed by atoms with Crippen LogP contribution in [-0.4, -0.2) is 43.0 Å². The minimum atomic E-state index is -0.488. The zero-order valence-electron chi connectivity index (χ0n) is 18.8. The fourth-order valence-electron chi connectivity index (χ4n) is 4.07. The van der Waals surface area contributed by atoms with Crippen LogP contribution < -0.4 is 15.4 Å². The summed E-state index contributed by atoms with van der Waals surface area (Å²) in [5, 5.41) is 5.82. The Morgan fingerprint density at radius 2 is 1.76 bits per heavy atom. The van der Waals surface area contributed by atoms with Crippen molar-refractivity contribution in [2.24, 2.45) is 0 Å². The Kier molecular flexibility index (Phi) is 7.37. The van der Waals surface area contributed by atoms with Gasteiger partial charge in [0.1, 0.15) is 5.75 Å². The van der Waals surface area contributed by atoms with E-state index in [1.54, 1.807) is 7.11 Å². The first-order chi connectivity index (χ1) is 16.1. The predicted octanol–water partition coefficient (Wildman–Crippen LogP) is 3.37. The van der Waals surface area contributed by atoms with E-state index < -0.39 is 6.04 Å². The van der Waals surface area contributed by atoms with E-state index in [2.05, 4.69) is 51.9 Å². The fourth-order valence-corrected chi connectivity index (χ4v) is 4.07. The Bertz CT molecular complexity index is 1080. The lowest BCUT2D eigenvalue weighted by molar-refractivity contribution is -0.134. The number of carbonyl (C=O) groups excluding carboxylic acids is 2. The smallest absolute Gasteiger partial charge is 0.237 e. The molecule has 1 aliphatic rings. The first kappa shape index (κ1) is 22.6. The van der Waals surface area contributed by atoms with E-state index in [9.17, 15) is 9.59 Å². The van der Waals surface area contributed by atoms with Crippen molar-refractivity contribution in [1.82, 2.24) is 15.5 Å². The number of piperazine rings is 1. The molecule has 2 amide bonds. The van der Waals surface area contributed by atoms with E-state index in [4.69, 9.17) is 4.74 Å². The van der Waals surface area contributed by atoms with Crippen LogP contribution in [0.2, 0.25) is 0 Å². The third-order valence-electron chi connectivity index (χ3n) is 5.89. The molecule has 3 aromatic carbocycles. The summed E-state index contributed by atoms with van der Waals surface area (Å²) < 4.78 is 5.23. The van der Waals surface area contributed by atoms with Crippen LogP contribution in [0.25, 0.3) is 11.1 Å². The summed E-state index contributed by atoms with van der Waals surface area (Å²) >= 11 is 0. The highest BCUT2D eigenvalue weighted by Gasteiger charge is 2.31. The van der Waals surface area contributed by atoms with Gasteiger partial charge >= 0.3 is 0 Å². The summed E-state index contributed by atoms with van der Waals surface area (Å²) in [5.74, 6) is 0.501. The van der Waals surface area contributed by atoms with Gasteiger partial charge < -0.3 is 15.4 Å². The van der Waals surface area contributed by atoms with Crippen molar-refractivity contribution in [2.45, 2.75) is 25.6 Å². The number of nitrogens with one attached hydrogen (secondary N) is 2. The van der Waals surface area contributed by atoms with E-state index in [0.29, 0.717) is 26.2 Å². The third kappa shape index (κ3) is 5.99. The van der Waals surface area contributed by atoms with Crippen LogP contribution in [0.1, 0.15) is 17.5 Å². The van der Waals surface area contributed by atoms with Crippen molar-refractivity contribution >= 4 is 11.8 Å². The molecule has 1 fully saturated rings. The van der Waals surface area contributed by atoms with E-state index in [-0.39, 0.29) is 18.2 Å². The maximum atomic E-state index is 12.6. The number of benzene rings is 3. The largest absolute Gasteiger partial charge is 0.497 e. The Balaban J connectivity index is 1.37. The molecule has 1 unspecified atom stereocenters. The number of hydrogen-bond acceptors (Lipinski definition) is 4. The second kappa shape index (κ2) is 10.8. The van der Waals surface area contributed by atoms with Gasteiger partial charge in [0.15, 0.2) is 0 Å². The molecule has 170 valence electrons. The van der Waals surface area contributed by atoms with Crippen LogP contribution in [0.3, 0.4) is 0 Å². The van der Waals surface area contributed by atoms with Crippen LogP contribution in [0.15, 0.2) is 78.9 Å². The van der Waals surface area contributed by atoms with Gasteiger partial charge in [0.25, 0.3) is 0 Å². The molecule has 0 spiro atoms. The Morgan fingerprint density at radius 1 is 1.00 bits per heavy atom. The Labute approximate surface area is 194 Å². The van der Waals surface area contributed by atoms with Crippen molar-refractivity contribution in [2.75, 3.05) is 20.2 Å². The lowest BCUT2D eigenvalue weighted by Gasteiger charge is -2.34. The molecule has 1 atom stereocenters. The molecule has 0 bridgehead atoms. The van der Waals surface area contributed by atoms with Crippen LogP contribution in [0.5, 0.6) is 5.75 Å². The Hall–Kier alpha value is -3.64. The Morgan fingerprint density at radius 3 is 2.52 bits per heavy atom. The minimum absolute atomic E-state index is 0.0984. The molecule has 1 aliphatic heterocycles. The zero-order valence-corrected chi connectivity index (χ0v) is 18.8. The first-order valence-corrected chi connectivity index (χ1v) is 11.2. The van der Waals surface area contributed by atoms with E-state index in [0.717, 1.165) is 22.4 Å². The maximum Gasteiger partial charge on any atom is 0.237 e. The number of carbonyl (C=O) groups is 2. The van der Waals surface area contributed by atoms with Gasteiger partial charge in [-0.15, -0.1) is 0 Å². The molecule has 1 saturated heterocycles. The summed E-state index contributed by atoms with van der Waals surface area (Å²) in [6.45, 7) is 2.31. The van der Waals surface area contributed by atoms with Crippen molar-refractivity contribution in [3.63, 3.8) is 0 Å². The molecule has 0 aromatic heterocycles. The first-order valence-electron chi connectivity index (χ1n) is 11.2. The van der Waals surface area contributed by atoms with Gasteiger partial charge in [-0.1, -0.05) is 66.7 Å². The predicted molar refractivity (Wildman–Crippen MR) is 129 cm³/mol. The molecule has 3 aromatic rings. The average molecular weight is 444 g/mol. The molecular weight excluding hydrogens is 414 g/mol. The molecule has 0 radical (unpaired) electrons. The maximum absolute atomic E-state index is 12.6. The molecule has 0 aliphatic carbocycles. The van der Waals surface area contributed by atoms with Gasteiger partial charge in [-0.2, -0.15) is 0 Å². The highest BCUT2D eigenvalue weighted by atomic mass is 16.5. The monoisotopic (exact) mass is 443 g/mol. The normalized spacial score (nSPS) is 16.2. The lowest BCUT2D eigenvalue weighted by atomic mass is 10.0. The molecule has 6 nitrogen and oxygen atoms in total. The molecule has 6 heteroatoms. The second-order valence-corrected chi connectivity index (χ2v) is 8.17. The topological polar surface area (TPSA) is 70.7 Å². The van der Waals surface area contributed by atoms with E-state index in [1.165, 1.54) is 5.56 Å². The number of rotatable bonds is 8. The molecule has 33 heavy (non-hydrogen) atoms. The molecule has 2 N–H and O–H groups in total. The zero-order chi connectivity index (χ0) is 23.0. The van der Waals surface area contributed by atoms with Crippen LogP contribution in [0, 0.1) is 0 Å². The van der Waals surface area contributed by atoms with Gasteiger partial charge in [-0.25, -0.2) is 0 Å². The van der Waals surface area contributed by atoms with Crippen LogP contribution in [0.4, 0.5) is 0 Å². The van der Waals surface area contributed by atoms with Gasteiger partial charge in [0.2, 0.25) is 11.8 Å². The summed E-state index contributed by atoms with van der Waals surface area (Å²) in [6.07, 6.45) is 0.123. The third-order valence-corrected chi connectivity index (χ3v) is 5.89. The fraction of sp³-hybridized carbons (Fsp3) is 0.259. The van der Waals surface area contributed by atoms with Gasteiger partial charge in [0, 0.05) is 26.2 Å². The summed E-state index contributed by atoms with van der Waals surface area (Å²) in [4.78, 5) is 27.3. The summed E-state index contributed by atoms with van der Waals surface area (Å²) in [6, 6.07) is 25.7. The highest BCUT2D eigenvalue weighted by molar-refractivity contribution is 5.88. The lowest BCUT2D eigenvalue weighted by Crippen LogP contribution is -2.56. The van der Waals surface area contributed by atoms with Gasteiger partial charge in [-0.3, -0.25) is 14.5 Å². The van der Waals surface area contributed by atoms with Crippen molar-refractivity contribution in [3.05, 3.63) is 90.0 Å². The highest BCUT2D eigenvalue weighted by Crippen LogP contribution is 2.21. The van der Waals surface area contributed by atoms with Crippen LogP contribution >= 0.6 is 0 Å². The van der Waals surface area contributed by atoms with Gasteiger partial charge in [-0.05, 0) is 34.4 Å². The SMILES string of the molecule is COc1cccc(CNC(=O)CC2C(=O)NCCN2Cc2ccc(-c3ccccc3)cc2)c1. The van der Waals surface area contributed by atoms with E-state index >= 15 is 0 Å². The van der Waals surface area contributed by atoms with Crippen LogP contribution in [-0.2, 0) is 22.7 Å². The van der Waals surface area contributed by atoms with Gasteiger partial charge in [0.05, 0.1) is 19.6 Å². The van der Waals surface area contributed by atoms with Crippen molar-refractivity contribution in [1.29, 1.82) is 0 Å². The molecule has 4 rings (SSSR count). The number of methoxy groups -OCH3 is 1. The summed E-state index contributed by atoms with van der Waals surface area (Å²) in [5.41, 5.74) is 4.40. The molecular formula is C27H29N3O3. The average Bonchev–Trinajstić information content (AvgIpc) is 2.86. The van der Waals surface area contributed by atoms with E-state index in [1.807, 2.05) is 42.5 Å². The minimum Gasteiger partial charge on any atom is -0.497 e. The standard InChI is InChI=1S/C27H29N3O3/c1-33-24-9-5-6-21(16-24)18-29-26(31)17-25-27(32)28-14-15-30(25)19-20-10-12-23(13-11-20)22-7-3-2-4-8-22/h2-13,16,25H,14-15,17-19H2,1H3,(H,28,32)(H,29,31). The van der Waals surface area contributed by atoms with Crippen molar-refractivity contribution < 1.29 is 14.3 Å². The summed E-state index contributed by atoms with van der Waals surface area (Å²) in [7, 11) is 1.61. The second-order valence-electron chi connectivity index (χ2n) is 8.17. The number of amides is 2. The molecule has 1 heterocycles. The van der Waals surface area contributed by atoms with Crippen molar-refractivity contribution in [3.8, 4) is 16.9 Å². The molecule has 0 saturated carbocycles. The quantitative estimate of drug-likeness (QED) is 0.560. The number of hydrogen-bond donors (Lipinski definition) is 2. The number of ether oxygens (including phenoxy) is 1. The number of nitrogens with zero attached hydrogens (tertiary/aromatic N) is 1.